The minimum Gasteiger partial charge on any atom is -0.298 e. The summed E-state index contributed by atoms with van der Waals surface area (Å²) in [6, 6.07) is 0. The topological polar surface area (TPSA) is 60.2 Å². The number of nitro groups is 1. The van der Waals surface area contributed by atoms with Crippen LogP contribution in [-0.2, 0) is 4.79 Å². The molecule has 7 heteroatoms. The van der Waals surface area contributed by atoms with Gasteiger partial charge in [0.05, 0.1) is 6.42 Å². The number of hydrogen-bond donors (Lipinski definition) is 0. The molecule has 1 unspecified atom stereocenters. The molecule has 0 fully saturated rings. The quantitative estimate of drug-likeness (QED) is 0.420. The molecule has 0 heterocycles. The van der Waals surface area contributed by atoms with Gasteiger partial charge in [0, 0.05) is 11.3 Å². The molecule has 1 atom stereocenters. The lowest BCUT2D eigenvalue weighted by molar-refractivity contribution is -0.614. The number of allylic oxidation sites excluding steroid dienone is 1. The van der Waals surface area contributed by atoms with Gasteiger partial charge < -0.3 is 0 Å². The first-order chi connectivity index (χ1) is 7.24. The van der Waals surface area contributed by atoms with Gasteiger partial charge in [0.2, 0.25) is 0 Å². The Morgan fingerprint density at radius 1 is 1.50 bits per heavy atom. The molecule has 0 saturated carbocycles. The highest BCUT2D eigenvalue weighted by molar-refractivity contribution is 5.75. The Bertz CT molecular complexity index is 362. The molecule has 1 rings (SSSR count). The van der Waals surface area contributed by atoms with Crippen molar-refractivity contribution in [3.8, 4) is 0 Å². The van der Waals surface area contributed by atoms with E-state index in [9.17, 15) is 28.1 Å². The highest BCUT2D eigenvalue weighted by Crippen LogP contribution is 2.45. The summed E-state index contributed by atoms with van der Waals surface area (Å²) in [5.74, 6) is 0. The number of hydrogen-bond acceptors (Lipinski definition) is 3. The summed E-state index contributed by atoms with van der Waals surface area (Å²) in [5, 5.41) is 10.6. The average molecular weight is 237 g/mol. The number of alkyl halides is 3. The monoisotopic (exact) mass is 237 g/mol. The average Bonchev–Trinajstić information content (AvgIpc) is 2.16. The Hall–Kier alpha value is -1.40. The van der Waals surface area contributed by atoms with Gasteiger partial charge in [-0.3, -0.25) is 14.9 Å². The number of nitrogens with zero attached hydrogens (tertiary/aromatic N) is 1. The number of aldehydes is 1. The summed E-state index contributed by atoms with van der Waals surface area (Å²) in [7, 11) is 0. The maximum atomic E-state index is 12.7. The summed E-state index contributed by atoms with van der Waals surface area (Å²) in [4.78, 5) is 19.9. The van der Waals surface area contributed by atoms with Crippen LogP contribution in [0.2, 0.25) is 0 Å². The van der Waals surface area contributed by atoms with Crippen molar-refractivity contribution in [2.24, 2.45) is 0 Å². The van der Waals surface area contributed by atoms with E-state index in [1.54, 1.807) is 0 Å². The van der Waals surface area contributed by atoms with Crippen LogP contribution in [0.1, 0.15) is 26.2 Å². The fourth-order valence-electron chi connectivity index (χ4n) is 1.75. The molecule has 0 aliphatic heterocycles. The standard InChI is InChI=1S/C9H10F3NO3/c1-6-2-3-8(13(15)16,9(10,11)12)4-7(6)5-14/h5H,2-4H2,1H3. The van der Waals surface area contributed by atoms with Crippen molar-refractivity contribution in [1.29, 1.82) is 0 Å². The molecule has 0 bridgehead atoms. The number of carbonyl (C=O) groups excluding carboxylic acids is 1. The van der Waals surface area contributed by atoms with Gasteiger partial charge in [-0.25, -0.2) is 0 Å². The van der Waals surface area contributed by atoms with Gasteiger partial charge in [0.1, 0.15) is 6.29 Å². The van der Waals surface area contributed by atoms with Crippen molar-refractivity contribution >= 4 is 6.29 Å². The minimum absolute atomic E-state index is 0.0748. The summed E-state index contributed by atoms with van der Waals surface area (Å²) in [6.07, 6.45) is -6.20. The molecule has 90 valence electrons. The van der Waals surface area contributed by atoms with E-state index in [0.29, 0.717) is 5.57 Å². The third kappa shape index (κ3) is 1.81. The molecule has 0 aromatic heterocycles. The van der Waals surface area contributed by atoms with Crippen molar-refractivity contribution in [2.75, 3.05) is 0 Å². The van der Waals surface area contributed by atoms with E-state index in [1.807, 2.05) is 0 Å². The Kier molecular flexibility index (Phi) is 3.07. The normalized spacial score (nSPS) is 26.8. The molecule has 1 aliphatic carbocycles. The Morgan fingerprint density at radius 2 is 2.06 bits per heavy atom. The van der Waals surface area contributed by atoms with Gasteiger partial charge in [-0.05, 0) is 18.9 Å². The number of rotatable bonds is 2. The van der Waals surface area contributed by atoms with Crippen LogP contribution >= 0.6 is 0 Å². The zero-order valence-electron chi connectivity index (χ0n) is 8.50. The minimum atomic E-state index is -4.94. The van der Waals surface area contributed by atoms with E-state index in [-0.39, 0.29) is 18.3 Å². The maximum absolute atomic E-state index is 12.7. The van der Waals surface area contributed by atoms with Crippen LogP contribution in [0.4, 0.5) is 13.2 Å². The summed E-state index contributed by atoms with van der Waals surface area (Å²) in [5.41, 5.74) is -2.61. The molecule has 0 aromatic rings. The predicted octanol–water partition coefficient (Wildman–Crippen LogP) is 2.26. The predicted molar refractivity (Wildman–Crippen MR) is 48.4 cm³/mol. The van der Waals surface area contributed by atoms with E-state index in [0.717, 1.165) is 0 Å². The molecule has 16 heavy (non-hydrogen) atoms. The molecule has 0 N–H and O–H groups in total. The van der Waals surface area contributed by atoms with Crippen LogP contribution in [-0.4, -0.2) is 22.9 Å². The molecular formula is C9H10F3NO3. The fourth-order valence-corrected chi connectivity index (χ4v) is 1.75. The van der Waals surface area contributed by atoms with Crippen LogP contribution in [0.25, 0.3) is 0 Å². The second-order valence-corrected chi connectivity index (χ2v) is 3.89. The summed E-state index contributed by atoms with van der Waals surface area (Å²) in [6.45, 7) is 1.52. The first-order valence-electron chi connectivity index (χ1n) is 4.59. The van der Waals surface area contributed by atoms with Crippen LogP contribution in [0.15, 0.2) is 11.1 Å². The maximum Gasteiger partial charge on any atom is 0.460 e. The summed E-state index contributed by atoms with van der Waals surface area (Å²) >= 11 is 0. The highest BCUT2D eigenvalue weighted by Gasteiger charge is 2.66. The number of halogens is 3. The van der Waals surface area contributed by atoms with Crippen LogP contribution in [0, 0.1) is 10.1 Å². The summed E-state index contributed by atoms with van der Waals surface area (Å²) < 4.78 is 38.1. The van der Waals surface area contributed by atoms with Crippen molar-refractivity contribution in [3.63, 3.8) is 0 Å². The molecule has 0 spiro atoms. The third-order valence-electron chi connectivity index (χ3n) is 2.96. The van der Waals surface area contributed by atoms with Gasteiger partial charge in [-0.1, -0.05) is 5.57 Å². The molecule has 4 nitrogen and oxygen atoms in total. The Morgan fingerprint density at radius 3 is 2.44 bits per heavy atom. The Balaban J connectivity index is 3.20. The molecule has 0 radical (unpaired) electrons. The second-order valence-electron chi connectivity index (χ2n) is 3.89. The second kappa shape index (κ2) is 3.88. The highest BCUT2D eigenvalue weighted by atomic mass is 19.4. The van der Waals surface area contributed by atoms with Gasteiger partial charge in [-0.2, -0.15) is 13.2 Å². The zero-order valence-corrected chi connectivity index (χ0v) is 8.50. The van der Waals surface area contributed by atoms with Crippen molar-refractivity contribution in [1.82, 2.24) is 0 Å². The van der Waals surface area contributed by atoms with Gasteiger partial charge >= 0.3 is 11.7 Å². The van der Waals surface area contributed by atoms with Crippen LogP contribution in [0.3, 0.4) is 0 Å². The lowest BCUT2D eigenvalue weighted by Crippen LogP contribution is -2.53. The molecule has 0 saturated heterocycles. The SMILES string of the molecule is CC1=C(C=O)CC([N+](=O)[O-])(C(F)(F)F)CC1. The van der Waals surface area contributed by atoms with E-state index in [4.69, 9.17) is 0 Å². The lowest BCUT2D eigenvalue weighted by Gasteiger charge is -2.31. The van der Waals surface area contributed by atoms with Gasteiger partial charge in [0.25, 0.3) is 0 Å². The smallest absolute Gasteiger partial charge is 0.298 e. The van der Waals surface area contributed by atoms with E-state index in [2.05, 4.69) is 0 Å². The Labute approximate surface area is 89.3 Å². The van der Waals surface area contributed by atoms with Crippen LogP contribution < -0.4 is 0 Å². The van der Waals surface area contributed by atoms with Gasteiger partial charge in [-0.15, -0.1) is 0 Å². The van der Waals surface area contributed by atoms with E-state index in [1.165, 1.54) is 6.92 Å². The zero-order chi connectivity index (χ0) is 12.6. The van der Waals surface area contributed by atoms with Crippen LogP contribution in [0.5, 0.6) is 0 Å². The van der Waals surface area contributed by atoms with Crippen molar-refractivity contribution in [2.45, 2.75) is 37.9 Å². The molecule has 1 aliphatic rings. The first-order valence-corrected chi connectivity index (χ1v) is 4.59. The first kappa shape index (κ1) is 12.7. The molecule has 0 aromatic carbocycles. The lowest BCUT2D eigenvalue weighted by atomic mass is 9.78. The van der Waals surface area contributed by atoms with Crippen molar-refractivity contribution in [3.05, 3.63) is 21.3 Å². The van der Waals surface area contributed by atoms with E-state index < -0.39 is 29.5 Å². The van der Waals surface area contributed by atoms with E-state index >= 15 is 0 Å². The molecule has 0 amide bonds. The third-order valence-corrected chi connectivity index (χ3v) is 2.96. The number of carbonyl (C=O) groups is 1. The van der Waals surface area contributed by atoms with Gasteiger partial charge in [0.15, 0.2) is 0 Å². The fraction of sp³-hybridized carbons (Fsp3) is 0.667. The molecular weight excluding hydrogens is 227 g/mol. The largest absolute Gasteiger partial charge is 0.460 e. The van der Waals surface area contributed by atoms with Crippen molar-refractivity contribution < 1.29 is 22.9 Å².